The zero-order chi connectivity index (χ0) is 11.1. The van der Waals surface area contributed by atoms with Gasteiger partial charge in [-0.25, -0.2) is 0 Å². The average molecular weight is 312 g/mol. The molecule has 0 radical (unpaired) electrons. The summed E-state index contributed by atoms with van der Waals surface area (Å²) in [5.41, 5.74) is 0. The van der Waals surface area contributed by atoms with Gasteiger partial charge in [0.1, 0.15) is 0 Å². The Bertz CT molecular complexity index is 710. The standard InChI is InChI=1S/C10H7N3S2Se/c1-6-11-12-10(15-6)13-9(14)7-4-2-3-5-8(7)16-13/h2-5H,1H3. The van der Waals surface area contributed by atoms with Gasteiger partial charge in [-0.3, -0.25) is 0 Å². The van der Waals surface area contributed by atoms with Crippen molar-refractivity contribution in [3.05, 3.63) is 33.9 Å². The molecule has 3 aromatic rings. The minimum absolute atomic E-state index is 0.208. The molecule has 6 heteroatoms. The third-order valence-corrected chi connectivity index (χ3v) is 6.22. The van der Waals surface area contributed by atoms with Crippen LogP contribution in [0.25, 0.3) is 14.8 Å². The topological polar surface area (TPSA) is 30.7 Å². The Balaban J connectivity index is 2.33. The first-order valence-corrected chi connectivity index (χ1v) is 7.52. The van der Waals surface area contributed by atoms with E-state index in [0.717, 1.165) is 14.8 Å². The van der Waals surface area contributed by atoms with E-state index in [9.17, 15) is 0 Å². The summed E-state index contributed by atoms with van der Waals surface area (Å²) in [6, 6.07) is 8.29. The first-order chi connectivity index (χ1) is 7.75. The summed E-state index contributed by atoms with van der Waals surface area (Å²) in [4.78, 5) is 0. The Labute approximate surface area is 107 Å². The van der Waals surface area contributed by atoms with Gasteiger partial charge in [0.15, 0.2) is 0 Å². The third-order valence-electron chi connectivity index (χ3n) is 2.18. The molecule has 0 amide bonds. The second-order valence-electron chi connectivity index (χ2n) is 3.29. The van der Waals surface area contributed by atoms with Crippen LogP contribution in [0.3, 0.4) is 0 Å². The van der Waals surface area contributed by atoms with Gasteiger partial charge in [-0.15, -0.1) is 0 Å². The molecular weight excluding hydrogens is 305 g/mol. The minimum atomic E-state index is 0.208. The van der Waals surface area contributed by atoms with E-state index in [1.165, 1.54) is 9.65 Å². The molecule has 0 fully saturated rings. The van der Waals surface area contributed by atoms with E-state index in [4.69, 9.17) is 12.2 Å². The van der Waals surface area contributed by atoms with Crippen LogP contribution in [0.15, 0.2) is 24.3 Å². The van der Waals surface area contributed by atoms with Crippen LogP contribution in [0.1, 0.15) is 5.01 Å². The van der Waals surface area contributed by atoms with Crippen molar-refractivity contribution in [2.45, 2.75) is 6.92 Å². The van der Waals surface area contributed by atoms with Crippen LogP contribution < -0.4 is 0 Å². The van der Waals surface area contributed by atoms with Crippen LogP contribution in [0.2, 0.25) is 0 Å². The fourth-order valence-corrected chi connectivity index (χ4v) is 5.04. The predicted molar refractivity (Wildman–Crippen MR) is 69.3 cm³/mol. The van der Waals surface area contributed by atoms with E-state index in [1.54, 1.807) is 11.3 Å². The van der Waals surface area contributed by atoms with Crippen molar-refractivity contribution in [3.63, 3.8) is 0 Å². The molecule has 0 saturated heterocycles. The Hall–Kier alpha value is -0.811. The van der Waals surface area contributed by atoms with Gasteiger partial charge in [0.2, 0.25) is 0 Å². The van der Waals surface area contributed by atoms with Gasteiger partial charge in [0, 0.05) is 0 Å². The van der Waals surface area contributed by atoms with Crippen molar-refractivity contribution in [2.75, 3.05) is 0 Å². The summed E-state index contributed by atoms with van der Waals surface area (Å²) >= 11 is 7.27. The number of nitrogens with zero attached hydrogens (tertiary/aromatic N) is 3. The summed E-state index contributed by atoms with van der Waals surface area (Å²) in [6.07, 6.45) is 0. The number of hydrogen-bond acceptors (Lipinski definition) is 4. The van der Waals surface area contributed by atoms with Crippen LogP contribution in [0.5, 0.6) is 0 Å². The zero-order valence-electron chi connectivity index (χ0n) is 8.38. The Morgan fingerprint density at radius 3 is 2.81 bits per heavy atom. The second-order valence-corrected chi connectivity index (χ2v) is 6.91. The molecule has 3 nitrogen and oxygen atoms in total. The monoisotopic (exact) mass is 313 g/mol. The van der Waals surface area contributed by atoms with Gasteiger partial charge in [0.25, 0.3) is 0 Å². The van der Waals surface area contributed by atoms with E-state index in [1.807, 2.05) is 13.0 Å². The van der Waals surface area contributed by atoms with Crippen LogP contribution in [0.4, 0.5) is 0 Å². The molecule has 0 aliphatic rings. The van der Waals surface area contributed by atoms with E-state index < -0.39 is 0 Å². The van der Waals surface area contributed by atoms with Crippen molar-refractivity contribution in [1.82, 2.24) is 13.8 Å². The average Bonchev–Trinajstić information content (AvgIpc) is 2.84. The molecule has 2 heterocycles. The van der Waals surface area contributed by atoms with Crippen LogP contribution in [-0.2, 0) is 0 Å². The molecule has 0 spiro atoms. The third kappa shape index (κ3) is 1.58. The quantitative estimate of drug-likeness (QED) is 0.511. The summed E-state index contributed by atoms with van der Waals surface area (Å²) < 4.78 is 4.32. The van der Waals surface area contributed by atoms with E-state index in [0.29, 0.717) is 0 Å². The predicted octanol–water partition coefficient (Wildman–Crippen LogP) is 2.58. The number of fused-ring (bicyclic) bond motifs is 1. The number of aromatic nitrogens is 3. The van der Waals surface area contributed by atoms with Gasteiger partial charge < -0.3 is 0 Å². The summed E-state index contributed by atoms with van der Waals surface area (Å²) in [6.45, 7) is 1.96. The molecule has 0 N–H and O–H groups in total. The van der Waals surface area contributed by atoms with Crippen molar-refractivity contribution >= 4 is 47.9 Å². The molecule has 0 aliphatic carbocycles. The van der Waals surface area contributed by atoms with Gasteiger partial charge in [-0.2, -0.15) is 0 Å². The number of rotatable bonds is 1. The van der Waals surface area contributed by atoms with Gasteiger partial charge in [0.05, 0.1) is 0 Å². The van der Waals surface area contributed by atoms with Gasteiger partial charge in [-0.1, -0.05) is 0 Å². The van der Waals surface area contributed by atoms with Crippen molar-refractivity contribution < 1.29 is 0 Å². The van der Waals surface area contributed by atoms with E-state index >= 15 is 0 Å². The maximum absolute atomic E-state index is 5.47. The molecule has 1 aromatic carbocycles. The molecular formula is C10H7N3S2Se. The molecule has 0 unspecified atom stereocenters. The molecule has 0 saturated carbocycles. The summed E-state index contributed by atoms with van der Waals surface area (Å²) in [7, 11) is 0. The van der Waals surface area contributed by atoms with Crippen LogP contribution >= 0.6 is 23.6 Å². The van der Waals surface area contributed by atoms with Crippen molar-refractivity contribution in [1.29, 1.82) is 0 Å². The normalized spacial score (nSPS) is 11.1. The van der Waals surface area contributed by atoms with Crippen LogP contribution in [-0.4, -0.2) is 28.5 Å². The molecule has 0 atom stereocenters. The summed E-state index contributed by atoms with van der Waals surface area (Å²) in [5.74, 6) is 0. The van der Waals surface area contributed by atoms with Crippen molar-refractivity contribution in [2.24, 2.45) is 0 Å². The van der Waals surface area contributed by atoms with Crippen LogP contribution in [0, 0.1) is 11.6 Å². The van der Waals surface area contributed by atoms with E-state index in [-0.39, 0.29) is 14.7 Å². The molecule has 0 aliphatic heterocycles. The second kappa shape index (κ2) is 3.89. The fraction of sp³-hybridized carbons (Fsp3) is 0.100. The van der Waals surface area contributed by atoms with Gasteiger partial charge >= 0.3 is 108 Å². The summed E-state index contributed by atoms with van der Waals surface area (Å²) in [5, 5.41) is 11.3. The van der Waals surface area contributed by atoms with Crippen molar-refractivity contribution in [3.8, 4) is 5.13 Å². The number of benzene rings is 1. The Morgan fingerprint density at radius 1 is 1.31 bits per heavy atom. The Kier molecular flexibility index (Phi) is 2.52. The maximum atomic E-state index is 5.47. The zero-order valence-corrected chi connectivity index (χ0v) is 11.7. The molecule has 3 rings (SSSR count). The number of hydrogen-bond donors (Lipinski definition) is 0. The SMILES string of the molecule is Cc1nnc(-n2[se]c3ccccc3c2=S)s1. The molecule has 2 aromatic heterocycles. The molecule has 16 heavy (non-hydrogen) atoms. The first kappa shape index (κ1) is 10.4. The molecule has 0 bridgehead atoms. The first-order valence-electron chi connectivity index (χ1n) is 4.67. The molecule has 80 valence electrons. The van der Waals surface area contributed by atoms with Gasteiger partial charge in [-0.05, 0) is 0 Å². The van der Waals surface area contributed by atoms with E-state index in [2.05, 4.69) is 32.0 Å². The Morgan fingerprint density at radius 2 is 2.12 bits per heavy atom. The fourth-order valence-electron chi connectivity index (χ4n) is 1.47. The number of aryl methyl sites for hydroxylation is 1.